The molecule has 0 aromatic carbocycles. The van der Waals surface area contributed by atoms with E-state index in [9.17, 15) is 9.59 Å². The van der Waals surface area contributed by atoms with Gasteiger partial charge in [0.05, 0.1) is 26.0 Å². The highest BCUT2D eigenvalue weighted by Crippen LogP contribution is 1.93. The van der Waals surface area contributed by atoms with Crippen LogP contribution in [-0.2, 0) is 19.1 Å². The van der Waals surface area contributed by atoms with Gasteiger partial charge in [0, 0.05) is 2.74 Å². The molecule has 4 nitrogen and oxygen atoms in total. The summed E-state index contributed by atoms with van der Waals surface area (Å²) in [6.45, 7) is 3.68. The number of hydrogen-bond donors (Lipinski definition) is 0. The Hall–Kier alpha value is -1.32. The number of esters is 2. The molecule has 0 spiro atoms. The molecule has 0 bridgehead atoms. The van der Waals surface area contributed by atoms with E-state index in [0.717, 1.165) is 12.2 Å². The Labute approximate surface area is 86.7 Å². The van der Waals surface area contributed by atoms with Crippen LogP contribution in [0.5, 0.6) is 0 Å². The standard InChI is InChI=1S/C10H16O4/c1-3-13-9(11)7-5-6-8-10(12)14-4-2/h5-6H,3-4,7-8H2,1-2H3/b6-5+/i7D,8D. The largest absolute Gasteiger partial charge is 0.466 e. The van der Waals surface area contributed by atoms with Crippen molar-refractivity contribution in [3.8, 4) is 0 Å². The van der Waals surface area contributed by atoms with Gasteiger partial charge in [0.1, 0.15) is 0 Å². The van der Waals surface area contributed by atoms with Crippen LogP contribution < -0.4 is 0 Å². The van der Waals surface area contributed by atoms with Gasteiger partial charge in [0.2, 0.25) is 0 Å². The van der Waals surface area contributed by atoms with Crippen LogP contribution in [0, 0.1) is 0 Å². The first-order valence-corrected chi connectivity index (χ1v) is 4.39. The summed E-state index contributed by atoms with van der Waals surface area (Å²) in [6.07, 6.45) is -0.122. The molecule has 0 saturated heterocycles. The molecule has 0 aromatic heterocycles. The van der Waals surface area contributed by atoms with Gasteiger partial charge >= 0.3 is 11.9 Å². The van der Waals surface area contributed by atoms with E-state index in [0.29, 0.717) is 0 Å². The van der Waals surface area contributed by atoms with Crippen LogP contribution in [0.1, 0.15) is 29.4 Å². The predicted molar refractivity (Wildman–Crippen MR) is 51.6 cm³/mol. The molecule has 4 heteroatoms. The predicted octanol–water partition coefficient (Wildman–Crippen LogP) is 1.45. The van der Waals surface area contributed by atoms with Gasteiger partial charge in [-0.2, -0.15) is 0 Å². The lowest BCUT2D eigenvalue weighted by Crippen LogP contribution is -2.03. The van der Waals surface area contributed by atoms with Crippen molar-refractivity contribution in [2.75, 3.05) is 13.2 Å². The summed E-state index contributed by atoms with van der Waals surface area (Å²) in [5.41, 5.74) is 0. The molecule has 2 unspecified atom stereocenters. The van der Waals surface area contributed by atoms with E-state index in [-0.39, 0.29) is 13.2 Å². The highest BCUT2D eigenvalue weighted by Gasteiger charge is 1.98. The summed E-state index contributed by atoms with van der Waals surface area (Å²) >= 11 is 0. The minimum Gasteiger partial charge on any atom is -0.466 e. The molecule has 0 aliphatic heterocycles. The van der Waals surface area contributed by atoms with E-state index in [2.05, 4.69) is 9.47 Å². The first-order valence-electron chi connectivity index (χ1n) is 5.54. The van der Waals surface area contributed by atoms with E-state index in [1.165, 1.54) is 0 Å². The molecule has 0 N–H and O–H groups in total. The van der Waals surface area contributed by atoms with Gasteiger partial charge in [-0.3, -0.25) is 9.59 Å². The van der Waals surface area contributed by atoms with Crippen LogP contribution in [-0.4, -0.2) is 25.2 Å². The Morgan fingerprint density at radius 1 is 1.07 bits per heavy atom. The van der Waals surface area contributed by atoms with E-state index in [4.69, 9.17) is 2.74 Å². The molecule has 14 heavy (non-hydrogen) atoms. The van der Waals surface area contributed by atoms with E-state index >= 15 is 0 Å². The quantitative estimate of drug-likeness (QED) is 0.483. The van der Waals surface area contributed by atoms with Crippen molar-refractivity contribution in [1.29, 1.82) is 0 Å². The second-order valence-corrected chi connectivity index (χ2v) is 2.22. The number of rotatable bonds is 6. The molecular formula is C10H16O4. The zero-order chi connectivity index (χ0) is 12.6. The lowest BCUT2D eigenvalue weighted by atomic mass is 10.3. The SMILES string of the molecule is [2H]C(/C=C/C([2H])C(=O)OCC)C(=O)OCC. The Kier molecular flexibility index (Phi) is 5.47. The minimum atomic E-state index is -1.21. The lowest BCUT2D eigenvalue weighted by Gasteiger charge is -1.97. The minimum absolute atomic E-state index is 0.199. The summed E-state index contributed by atoms with van der Waals surface area (Å²) in [5, 5.41) is 0. The maximum absolute atomic E-state index is 11.0. The van der Waals surface area contributed by atoms with Crippen molar-refractivity contribution in [2.24, 2.45) is 0 Å². The lowest BCUT2D eigenvalue weighted by molar-refractivity contribution is -0.143. The molecule has 0 aromatic rings. The van der Waals surface area contributed by atoms with Gasteiger partial charge in [0.15, 0.2) is 0 Å². The van der Waals surface area contributed by atoms with Gasteiger partial charge in [-0.15, -0.1) is 0 Å². The van der Waals surface area contributed by atoms with E-state index in [1.54, 1.807) is 13.8 Å². The smallest absolute Gasteiger partial charge is 0.309 e. The van der Waals surface area contributed by atoms with Crippen molar-refractivity contribution in [3.05, 3.63) is 12.2 Å². The van der Waals surface area contributed by atoms with Crippen LogP contribution >= 0.6 is 0 Å². The first kappa shape index (κ1) is 9.24. The topological polar surface area (TPSA) is 52.6 Å². The van der Waals surface area contributed by atoms with Gasteiger partial charge < -0.3 is 9.47 Å². The zero-order valence-corrected chi connectivity index (χ0v) is 8.36. The molecule has 0 aliphatic carbocycles. The monoisotopic (exact) mass is 202 g/mol. The van der Waals surface area contributed by atoms with Crippen LogP contribution in [0.2, 0.25) is 0 Å². The second kappa shape index (κ2) is 8.29. The molecule has 0 aliphatic rings. The number of carbonyl (C=O) groups is 2. The van der Waals surface area contributed by atoms with Crippen molar-refractivity contribution >= 4 is 11.9 Å². The molecule has 0 amide bonds. The summed E-state index contributed by atoms with van der Waals surface area (Å²) in [7, 11) is 0. The third kappa shape index (κ3) is 7.34. The average Bonchev–Trinajstić information content (AvgIpc) is 2.25. The van der Waals surface area contributed by atoms with Crippen molar-refractivity contribution in [1.82, 2.24) is 0 Å². The summed E-state index contributed by atoms with van der Waals surface area (Å²) in [5.74, 6) is -1.40. The fourth-order valence-electron chi connectivity index (χ4n) is 0.649. The zero-order valence-electron chi connectivity index (χ0n) is 10.4. The molecule has 0 rings (SSSR count). The Morgan fingerprint density at radius 3 is 1.71 bits per heavy atom. The summed E-state index contributed by atoms with van der Waals surface area (Å²) in [6, 6.07) is 0. The van der Waals surface area contributed by atoms with Crippen LogP contribution in [0.4, 0.5) is 0 Å². The van der Waals surface area contributed by atoms with Gasteiger partial charge in [-0.1, -0.05) is 12.2 Å². The molecule has 2 atom stereocenters. The van der Waals surface area contributed by atoms with E-state index in [1.807, 2.05) is 0 Å². The Balaban J connectivity index is 4.15. The van der Waals surface area contributed by atoms with Gasteiger partial charge in [-0.05, 0) is 13.8 Å². The van der Waals surface area contributed by atoms with Crippen LogP contribution in [0.25, 0.3) is 0 Å². The maximum Gasteiger partial charge on any atom is 0.309 e. The molecule has 0 heterocycles. The second-order valence-electron chi connectivity index (χ2n) is 2.22. The maximum atomic E-state index is 11.0. The molecular weight excluding hydrogens is 184 g/mol. The number of carbonyl (C=O) groups excluding carboxylic acids is 2. The van der Waals surface area contributed by atoms with Crippen molar-refractivity contribution in [2.45, 2.75) is 26.6 Å². The third-order valence-electron chi connectivity index (χ3n) is 1.15. The molecule has 80 valence electrons. The number of ether oxygens (including phenoxy) is 2. The van der Waals surface area contributed by atoms with Crippen LogP contribution in [0.15, 0.2) is 12.2 Å². The molecule has 0 saturated carbocycles. The summed E-state index contributed by atoms with van der Waals surface area (Å²) < 4.78 is 23.8. The third-order valence-corrected chi connectivity index (χ3v) is 1.15. The summed E-state index contributed by atoms with van der Waals surface area (Å²) in [4.78, 5) is 22.0. The fourth-order valence-corrected chi connectivity index (χ4v) is 0.649. The normalized spacial score (nSPS) is 16.7. The Bertz CT molecular complexity index is 240. The highest BCUT2D eigenvalue weighted by molar-refractivity contribution is 5.73. The van der Waals surface area contributed by atoms with E-state index < -0.39 is 24.7 Å². The first-order chi connectivity index (χ1) is 7.52. The van der Waals surface area contributed by atoms with Crippen molar-refractivity contribution < 1.29 is 21.8 Å². The number of hydrogen-bond acceptors (Lipinski definition) is 4. The van der Waals surface area contributed by atoms with Crippen molar-refractivity contribution in [3.63, 3.8) is 0 Å². The molecule has 0 radical (unpaired) electrons. The van der Waals surface area contributed by atoms with Crippen LogP contribution in [0.3, 0.4) is 0 Å². The van der Waals surface area contributed by atoms with Gasteiger partial charge in [-0.25, -0.2) is 0 Å². The average molecular weight is 202 g/mol. The Morgan fingerprint density at radius 2 is 1.43 bits per heavy atom. The molecule has 0 fully saturated rings. The fraction of sp³-hybridized carbons (Fsp3) is 0.600. The highest BCUT2D eigenvalue weighted by atomic mass is 16.5. The van der Waals surface area contributed by atoms with Gasteiger partial charge in [0.25, 0.3) is 0 Å².